The molecule has 0 amide bonds. The second-order valence-electron chi connectivity index (χ2n) is 4.76. The molecule has 1 rings (SSSR count). The number of rotatable bonds is 5. The summed E-state index contributed by atoms with van der Waals surface area (Å²) in [5, 5.41) is 7.90. The quantitative estimate of drug-likeness (QED) is 0.829. The number of nitrogens with one attached hydrogen (secondary N) is 1. The highest BCUT2D eigenvalue weighted by Gasteiger charge is 2.18. The molecule has 1 aromatic rings. The Hall–Kier alpha value is -0.830. The van der Waals surface area contributed by atoms with Crippen LogP contribution in [0.3, 0.4) is 0 Å². The minimum Gasteiger partial charge on any atom is -0.316 e. The van der Waals surface area contributed by atoms with Crippen LogP contribution in [0, 0.1) is 19.8 Å². The van der Waals surface area contributed by atoms with Gasteiger partial charge in [0.2, 0.25) is 0 Å². The average Bonchev–Trinajstić information content (AvgIpc) is 2.50. The van der Waals surface area contributed by atoms with E-state index in [1.54, 1.807) is 0 Å². The summed E-state index contributed by atoms with van der Waals surface area (Å²) in [6.07, 6.45) is 2.29. The minimum absolute atomic E-state index is 0.548. The second-order valence-corrected chi connectivity index (χ2v) is 4.76. The van der Waals surface area contributed by atoms with Crippen LogP contribution >= 0.6 is 0 Å². The zero-order chi connectivity index (χ0) is 12.3. The largest absolute Gasteiger partial charge is 0.316 e. The summed E-state index contributed by atoms with van der Waals surface area (Å²) in [4.78, 5) is 0. The molecule has 92 valence electrons. The molecule has 3 heteroatoms. The summed E-state index contributed by atoms with van der Waals surface area (Å²) < 4.78 is 1.98. The van der Waals surface area contributed by atoms with Gasteiger partial charge in [-0.25, -0.2) is 0 Å². The fourth-order valence-electron chi connectivity index (χ4n) is 2.21. The van der Waals surface area contributed by atoms with E-state index in [9.17, 15) is 0 Å². The summed E-state index contributed by atoms with van der Waals surface area (Å²) in [6, 6.07) is 0.548. The monoisotopic (exact) mass is 223 g/mol. The highest BCUT2D eigenvalue weighted by Crippen LogP contribution is 2.18. The maximum Gasteiger partial charge on any atom is 0.0628 e. The molecule has 1 aromatic heterocycles. The number of aromatic nitrogens is 2. The summed E-state index contributed by atoms with van der Waals surface area (Å²) in [5.74, 6) is 0.698. The number of nitrogens with zero attached hydrogens (tertiary/aromatic N) is 2. The van der Waals surface area contributed by atoms with Crippen LogP contribution in [0.15, 0.2) is 0 Å². The van der Waals surface area contributed by atoms with Crippen molar-refractivity contribution in [2.24, 2.45) is 13.0 Å². The van der Waals surface area contributed by atoms with E-state index < -0.39 is 0 Å². The number of likely N-dealkylation sites (N-methyl/N-ethyl adjacent to an activating group) is 1. The van der Waals surface area contributed by atoms with Gasteiger partial charge in [0.15, 0.2) is 0 Å². The lowest BCUT2D eigenvalue weighted by Gasteiger charge is -2.22. The van der Waals surface area contributed by atoms with Gasteiger partial charge in [0.05, 0.1) is 5.69 Å². The first kappa shape index (κ1) is 13.2. The van der Waals surface area contributed by atoms with Crippen LogP contribution in [0.25, 0.3) is 0 Å². The van der Waals surface area contributed by atoms with Crippen LogP contribution in [0.2, 0.25) is 0 Å². The Kier molecular flexibility index (Phi) is 4.54. The fourth-order valence-corrected chi connectivity index (χ4v) is 2.21. The molecule has 1 heterocycles. The fraction of sp³-hybridized carbons (Fsp3) is 0.769. The van der Waals surface area contributed by atoms with Crippen molar-refractivity contribution in [1.29, 1.82) is 0 Å². The van der Waals surface area contributed by atoms with E-state index in [-0.39, 0.29) is 0 Å². The highest BCUT2D eigenvalue weighted by atomic mass is 15.3. The van der Waals surface area contributed by atoms with Crippen LogP contribution in [0.4, 0.5) is 0 Å². The van der Waals surface area contributed by atoms with Crippen molar-refractivity contribution >= 4 is 0 Å². The van der Waals surface area contributed by atoms with E-state index in [0.717, 1.165) is 6.42 Å². The maximum atomic E-state index is 4.47. The first-order valence-electron chi connectivity index (χ1n) is 6.17. The van der Waals surface area contributed by atoms with Crippen molar-refractivity contribution in [3.63, 3.8) is 0 Å². The van der Waals surface area contributed by atoms with Crippen LogP contribution in [-0.4, -0.2) is 22.9 Å². The molecule has 0 spiro atoms. The van der Waals surface area contributed by atoms with E-state index in [4.69, 9.17) is 0 Å². The zero-order valence-corrected chi connectivity index (χ0v) is 11.5. The van der Waals surface area contributed by atoms with E-state index in [0.29, 0.717) is 12.0 Å². The van der Waals surface area contributed by atoms with Crippen molar-refractivity contribution in [3.05, 3.63) is 17.0 Å². The third-order valence-corrected chi connectivity index (χ3v) is 3.78. The molecule has 16 heavy (non-hydrogen) atoms. The molecule has 0 saturated heterocycles. The van der Waals surface area contributed by atoms with Crippen molar-refractivity contribution in [2.75, 3.05) is 7.05 Å². The van der Waals surface area contributed by atoms with Crippen LogP contribution in [0.5, 0.6) is 0 Å². The van der Waals surface area contributed by atoms with Gasteiger partial charge in [0.25, 0.3) is 0 Å². The number of hydrogen-bond donors (Lipinski definition) is 1. The first-order chi connectivity index (χ1) is 7.51. The molecule has 0 saturated carbocycles. The van der Waals surface area contributed by atoms with Crippen molar-refractivity contribution < 1.29 is 0 Å². The Morgan fingerprint density at radius 3 is 2.38 bits per heavy atom. The molecule has 0 aliphatic carbocycles. The molecular weight excluding hydrogens is 198 g/mol. The molecule has 0 bridgehead atoms. The molecule has 1 N–H and O–H groups in total. The second kappa shape index (κ2) is 5.48. The standard InChI is InChI=1S/C13H25N3/c1-7-9(2)13(14-5)8-12-10(3)15-16(6)11(12)4/h9,13-14H,7-8H2,1-6H3. The molecule has 0 fully saturated rings. The average molecular weight is 223 g/mol. The van der Waals surface area contributed by atoms with Crippen LogP contribution in [0.1, 0.15) is 37.2 Å². The highest BCUT2D eigenvalue weighted by molar-refractivity contribution is 5.25. The Bertz CT molecular complexity index is 341. The first-order valence-corrected chi connectivity index (χ1v) is 6.17. The zero-order valence-electron chi connectivity index (χ0n) is 11.5. The predicted octanol–water partition coefficient (Wildman–Crippen LogP) is 2.21. The predicted molar refractivity (Wildman–Crippen MR) is 68.7 cm³/mol. The van der Waals surface area contributed by atoms with Gasteiger partial charge in [-0.15, -0.1) is 0 Å². The van der Waals surface area contributed by atoms with Gasteiger partial charge in [0.1, 0.15) is 0 Å². The summed E-state index contributed by atoms with van der Waals surface area (Å²) in [7, 11) is 4.07. The topological polar surface area (TPSA) is 29.9 Å². The maximum absolute atomic E-state index is 4.47. The molecule has 0 aliphatic heterocycles. The van der Waals surface area contributed by atoms with E-state index in [1.165, 1.54) is 23.4 Å². The minimum atomic E-state index is 0.548. The van der Waals surface area contributed by atoms with Gasteiger partial charge in [-0.05, 0) is 38.8 Å². The van der Waals surface area contributed by atoms with E-state index in [2.05, 4.69) is 45.2 Å². The van der Waals surface area contributed by atoms with Gasteiger partial charge < -0.3 is 5.32 Å². The third kappa shape index (κ3) is 2.64. The third-order valence-electron chi connectivity index (χ3n) is 3.78. The lowest BCUT2D eigenvalue weighted by Crippen LogP contribution is -2.34. The van der Waals surface area contributed by atoms with Crippen molar-refractivity contribution in [1.82, 2.24) is 15.1 Å². The van der Waals surface area contributed by atoms with E-state index >= 15 is 0 Å². The Morgan fingerprint density at radius 1 is 1.38 bits per heavy atom. The van der Waals surface area contributed by atoms with Crippen LogP contribution in [-0.2, 0) is 13.5 Å². The SMILES string of the molecule is CCC(C)C(Cc1c(C)nn(C)c1C)NC. The van der Waals surface area contributed by atoms with Gasteiger partial charge in [-0.1, -0.05) is 20.3 Å². The Labute approximate surface area is 99.2 Å². The lowest BCUT2D eigenvalue weighted by molar-refractivity contribution is 0.385. The lowest BCUT2D eigenvalue weighted by atomic mass is 9.92. The van der Waals surface area contributed by atoms with Gasteiger partial charge in [-0.2, -0.15) is 5.10 Å². The molecular formula is C13H25N3. The molecule has 0 aliphatic rings. The van der Waals surface area contributed by atoms with Crippen LogP contribution < -0.4 is 5.32 Å². The summed E-state index contributed by atoms with van der Waals surface area (Å²) in [5.41, 5.74) is 3.87. The normalized spacial score (nSPS) is 15.1. The molecule has 0 aromatic carbocycles. The van der Waals surface area contributed by atoms with Crippen molar-refractivity contribution in [2.45, 2.75) is 46.6 Å². The molecule has 3 nitrogen and oxygen atoms in total. The van der Waals surface area contributed by atoms with E-state index in [1.807, 2.05) is 11.7 Å². The molecule has 0 radical (unpaired) electrons. The number of hydrogen-bond acceptors (Lipinski definition) is 2. The Balaban J connectivity index is 2.85. The van der Waals surface area contributed by atoms with Gasteiger partial charge in [0, 0.05) is 18.8 Å². The summed E-state index contributed by atoms with van der Waals surface area (Å²) >= 11 is 0. The number of aryl methyl sites for hydroxylation is 2. The Morgan fingerprint density at radius 2 is 2.00 bits per heavy atom. The smallest absolute Gasteiger partial charge is 0.0628 e. The summed E-state index contributed by atoms with van der Waals surface area (Å²) in [6.45, 7) is 8.81. The molecule has 2 unspecified atom stereocenters. The van der Waals surface area contributed by atoms with Crippen molar-refractivity contribution in [3.8, 4) is 0 Å². The van der Waals surface area contributed by atoms with Gasteiger partial charge >= 0.3 is 0 Å². The van der Waals surface area contributed by atoms with Gasteiger partial charge in [-0.3, -0.25) is 4.68 Å². The molecule has 2 atom stereocenters.